The van der Waals surface area contributed by atoms with Crippen LogP contribution in [0, 0.1) is 0 Å². The van der Waals surface area contributed by atoms with Gasteiger partial charge in [-0.25, -0.2) is 0 Å². The highest BCUT2D eigenvalue weighted by Gasteiger charge is 2.26. The summed E-state index contributed by atoms with van der Waals surface area (Å²) in [5.74, 6) is 0. The molecule has 0 rings (SSSR count). The lowest BCUT2D eigenvalue weighted by molar-refractivity contribution is 0.304. The Hall–Kier alpha value is 0.531. The summed E-state index contributed by atoms with van der Waals surface area (Å²) < 4.78 is 19.3. The Labute approximate surface area is 296 Å². The highest BCUT2D eigenvalue weighted by molar-refractivity contribution is 6.77. The van der Waals surface area contributed by atoms with Crippen molar-refractivity contribution in [2.45, 2.75) is 251 Å². The van der Waals surface area contributed by atoms with Gasteiger partial charge in [0.25, 0.3) is 0 Å². The molecule has 0 saturated carbocycles. The zero-order valence-corrected chi connectivity index (χ0v) is 36.2. The van der Waals surface area contributed by atoms with Gasteiger partial charge < -0.3 is 12.7 Å². The SMILES string of the molecule is CCCCCCCCCCCCCCCCCC[SiH](OC)O[SiH](CCCCCCCCCCCCCCCCCC)O[Si](C)(C)C. The van der Waals surface area contributed by atoms with Crippen molar-refractivity contribution >= 4 is 26.9 Å². The Balaban J connectivity index is 3.80. The van der Waals surface area contributed by atoms with Crippen LogP contribution >= 0.6 is 0 Å². The minimum absolute atomic E-state index is 1.16. The molecule has 2 atom stereocenters. The molecule has 3 nitrogen and oxygen atoms in total. The van der Waals surface area contributed by atoms with E-state index >= 15 is 0 Å². The lowest BCUT2D eigenvalue weighted by atomic mass is 10.0. The molecule has 0 aliphatic heterocycles. The number of rotatable bonds is 39. The van der Waals surface area contributed by atoms with Crippen LogP contribution in [-0.2, 0) is 12.7 Å². The van der Waals surface area contributed by atoms with Gasteiger partial charge in [-0.1, -0.05) is 219 Å². The van der Waals surface area contributed by atoms with Gasteiger partial charge in [0.05, 0.1) is 0 Å². The number of hydrogen-bond donors (Lipinski definition) is 0. The minimum Gasteiger partial charge on any atom is -0.439 e. The maximum atomic E-state index is 6.69. The van der Waals surface area contributed by atoms with E-state index in [9.17, 15) is 0 Å². The molecule has 0 fully saturated rings. The molecular weight excluding hydrogens is 613 g/mol. The van der Waals surface area contributed by atoms with Crippen molar-refractivity contribution in [3.05, 3.63) is 0 Å². The van der Waals surface area contributed by atoms with Crippen LogP contribution in [0.4, 0.5) is 0 Å². The summed E-state index contributed by atoms with van der Waals surface area (Å²) in [6, 6.07) is 2.33. The van der Waals surface area contributed by atoms with E-state index in [0.717, 1.165) is 6.04 Å². The second kappa shape index (κ2) is 36.8. The summed E-state index contributed by atoms with van der Waals surface area (Å²) in [4.78, 5) is 0. The Morgan fingerprint density at radius 1 is 0.348 bits per heavy atom. The van der Waals surface area contributed by atoms with Gasteiger partial charge in [-0.3, -0.25) is 0 Å². The fourth-order valence-electron chi connectivity index (χ4n) is 6.68. The van der Waals surface area contributed by atoms with Crippen LogP contribution in [-0.4, -0.2) is 34.0 Å². The lowest BCUT2D eigenvalue weighted by Crippen LogP contribution is -2.41. The molecule has 0 radical (unpaired) electrons. The topological polar surface area (TPSA) is 27.7 Å². The minimum atomic E-state index is -1.62. The maximum Gasteiger partial charge on any atom is 0.312 e. The van der Waals surface area contributed by atoms with Crippen LogP contribution in [0.2, 0.25) is 31.7 Å². The van der Waals surface area contributed by atoms with E-state index in [1.165, 1.54) is 212 Å². The van der Waals surface area contributed by atoms with Crippen molar-refractivity contribution in [2.75, 3.05) is 7.11 Å². The third-order valence-corrected chi connectivity index (χ3v) is 18.2. The van der Waals surface area contributed by atoms with Crippen molar-refractivity contribution in [1.29, 1.82) is 0 Å². The molecule has 0 aliphatic carbocycles. The standard InChI is InChI=1S/C40H88O3Si3/c1-7-9-11-13-15-17-19-21-23-25-27-29-31-33-35-37-39-44(41-3)42-45(43-46(4,5)6)40-38-36-34-32-30-28-26-24-22-20-18-16-14-12-10-8-2/h44-45H,7-40H2,1-6H3. The van der Waals surface area contributed by atoms with E-state index in [0.29, 0.717) is 0 Å². The van der Waals surface area contributed by atoms with Crippen molar-refractivity contribution in [3.63, 3.8) is 0 Å². The molecule has 0 aromatic heterocycles. The largest absolute Gasteiger partial charge is 0.439 e. The zero-order valence-electron chi connectivity index (χ0n) is 32.9. The predicted octanol–water partition coefficient (Wildman–Crippen LogP) is 14.5. The van der Waals surface area contributed by atoms with Crippen molar-refractivity contribution in [3.8, 4) is 0 Å². The van der Waals surface area contributed by atoms with Crippen molar-refractivity contribution < 1.29 is 12.7 Å². The van der Waals surface area contributed by atoms with Crippen molar-refractivity contribution in [2.24, 2.45) is 0 Å². The molecule has 46 heavy (non-hydrogen) atoms. The van der Waals surface area contributed by atoms with Crippen LogP contribution in [0.1, 0.15) is 219 Å². The average Bonchev–Trinajstić information content (AvgIpc) is 3.02. The van der Waals surface area contributed by atoms with Crippen LogP contribution in [0.15, 0.2) is 0 Å². The summed E-state index contributed by atoms with van der Waals surface area (Å²) in [6.45, 7) is 11.6. The quantitative estimate of drug-likeness (QED) is 0.0472. The molecule has 0 saturated heterocycles. The summed E-state index contributed by atoms with van der Waals surface area (Å²) in [7, 11) is -2.91. The summed E-state index contributed by atoms with van der Waals surface area (Å²) >= 11 is 0. The molecule has 2 unspecified atom stereocenters. The Morgan fingerprint density at radius 2 is 0.587 bits per heavy atom. The number of hydrogen-bond acceptors (Lipinski definition) is 3. The average molecular weight is 701 g/mol. The third kappa shape index (κ3) is 37.4. The van der Waals surface area contributed by atoms with Gasteiger partial charge >= 0.3 is 18.6 Å². The molecule has 0 heterocycles. The van der Waals surface area contributed by atoms with Gasteiger partial charge in [0.1, 0.15) is 0 Å². The smallest absolute Gasteiger partial charge is 0.312 e. The first-order valence-electron chi connectivity index (χ1n) is 21.3. The van der Waals surface area contributed by atoms with E-state index in [-0.39, 0.29) is 0 Å². The zero-order chi connectivity index (χ0) is 33.8. The van der Waals surface area contributed by atoms with E-state index in [1.807, 2.05) is 7.11 Å². The molecular formula is C40H88O3Si3. The van der Waals surface area contributed by atoms with Crippen LogP contribution in [0.25, 0.3) is 0 Å². The van der Waals surface area contributed by atoms with Crippen LogP contribution < -0.4 is 0 Å². The summed E-state index contributed by atoms with van der Waals surface area (Å²) in [6.07, 6.45) is 45.5. The first-order valence-corrected chi connectivity index (χ1v) is 28.2. The highest BCUT2D eigenvalue weighted by Crippen LogP contribution is 2.19. The monoisotopic (exact) mass is 701 g/mol. The highest BCUT2D eigenvalue weighted by atomic mass is 28.4. The predicted molar refractivity (Wildman–Crippen MR) is 216 cm³/mol. The summed E-state index contributed by atoms with van der Waals surface area (Å²) in [5, 5.41) is 0. The molecule has 0 aromatic rings. The maximum absolute atomic E-state index is 6.69. The molecule has 0 spiro atoms. The fraction of sp³-hybridized carbons (Fsp3) is 1.00. The van der Waals surface area contributed by atoms with E-state index in [1.54, 1.807) is 0 Å². The molecule has 0 aliphatic rings. The molecule has 278 valence electrons. The van der Waals surface area contributed by atoms with Crippen molar-refractivity contribution in [1.82, 2.24) is 0 Å². The molecule has 0 amide bonds. The van der Waals surface area contributed by atoms with E-state index in [2.05, 4.69) is 33.5 Å². The molecule has 0 bridgehead atoms. The van der Waals surface area contributed by atoms with Crippen LogP contribution in [0.5, 0.6) is 0 Å². The Kier molecular flexibility index (Phi) is 37.2. The third-order valence-electron chi connectivity index (χ3n) is 9.64. The van der Waals surface area contributed by atoms with E-state index in [4.69, 9.17) is 12.7 Å². The second-order valence-corrected chi connectivity index (χ2v) is 25.2. The molecule has 6 heteroatoms. The first kappa shape index (κ1) is 46.5. The van der Waals surface area contributed by atoms with Gasteiger partial charge in [0, 0.05) is 7.11 Å². The van der Waals surface area contributed by atoms with Gasteiger partial charge in [-0.15, -0.1) is 0 Å². The van der Waals surface area contributed by atoms with Gasteiger partial charge in [0.15, 0.2) is 8.32 Å². The fourth-order valence-corrected chi connectivity index (χ4v) is 15.4. The normalized spacial score (nSPS) is 13.4. The Morgan fingerprint density at radius 3 is 0.826 bits per heavy atom. The van der Waals surface area contributed by atoms with Crippen LogP contribution in [0.3, 0.4) is 0 Å². The first-order chi connectivity index (χ1) is 22.4. The van der Waals surface area contributed by atoms with Gasteiger partial charge in [-0.2, -0.15) is 0 Å². The van der Waals surface area contributed by atoms with Gasteiger partial charge in [-0.05, 0) is 31.7 Å². The second-order valence-electron chi connectivity index (χ2n) is 15.6. The Bertz CT molecular complexity index is 572. The van der Waals surface area contributed by atoms with Gasteiger partial charge in [0.2, 0.25) is 0 Å². The summed E-state index contributed by atoms with van der Waals surface area (Å²) in [5.41, 5.74) is 0. The molecule has 0 aromatic carbocycles. The lowest BCUT2D eigenvalue weighted by Gasteiger charge is -2.28. The number of unbranched alkanes of at least 4 members (excludes halogenated alkanes) is 30. The van der Waals surface area contributed by atoms with E-state index < -0.39 is 26.9 Å². The molecule has 0 N–H and O–H groups in total.